The number of rotatable bonds is 4. The van der Waals surface area contributed by atoms with E-state index in [1.165, 1.54) is 0 Å². The van der Waals surface area contributed by atoms with E-state index in [1.807, 2.05) is 18.2 Å². The highest BCUT2D eigenvalue weighted by Gasteiger charge is 2.05. The van der Waals surface area contributed by atoms with Crippen LogP contribution in [0.5, 0.6) is 0 Å². The maximum atomic E-state index is 11.8. The maximum absolute atomic E-state index is 11.8. The molecule has 4 nitrogen and oxygen atoms in total. The number of amides is 1. The van der Waals surface area contributed by atoms with Gasteiger partial charge in [-0.15, -0.1) is 0 Å². The molecule has 0 aliphatic heterocycles. The molecule has 0 unspecified atom stereocenters. The van der Waals surface area contributed by atoms with Gasteiger partial charge in [-0.25, -0.2) is 0 Å². The zero-order chi connectivity index (χ0) is 12.1. The van der Waals surface area contributed by atoms with Crippen LogP contribution < -0.4 is 11.1 Å². The Kier molecular flexibility index (Phi) is 3.57. The Bertz CT molecular complexity index is 475. The fourth-order valence-corrected chi connectivity index (χ4v) is 1.47. The summed E-state index contributed by atoms with van der Waals surface area (Å²) in [4.78, 5) is 11.8. The summed E-state index contributed by atoms with van der Waals surface area (Å²) in [5.41, 5.74) is 8.07. The van der Waals surface area contributed by atoms with Gasteiger partial charge in [-0.2, -0.15) is 0 Å². The lowest BCUT2D eigenvalue weighted by atomic mass is 10.1. The molecule has 88 valence electrons. The summed E-state index contributed by atoms with van der Waals surface area (Å²) >= 11 is 0. The minimum Gasteiger partial charge on any atom is -0.472 e. The van der Waals surface area contributed by atoms with Crippen LogP contribution in [-0.2, 0) is 13.1 Å². The third-order valence-corrected chi connectivity index (χ3v) is 2.48. The molecule has 0 bridgehead atoms. The molecule has 17 heavy (non-hydrogen) atoms. The number of hydrogen-bond acceptors (Lipinski definition) is 3. The molecule has 1 aromatic carbocycles. The molecule has 0 aliphatic carbocycles. The third kappa shape index (κ3) is 2.95. The van der Waals surface area contributed by atoms with Gasteiger partial charge in [-0.05, 0) is 23.8 Å². The van der Waals surface area contributed by atoms with Crippen LogP contribution in [0, 0.1) is 0 Å². The highest BCUT2D eigenvalue weighted by Crippen LogP contribution is 2.05. The molecule has 2 aromatic rings. The molecule has 1 amide bonds. The molecular formula is C13H14N2O2. The first kappa shape index (κ1) is 11.4. The number of nitrogens with two attached hydrogens (primary N) is 1. The molecule has 0 saturated heterocycles. The van der Waals surface area contributed by atoms with Crippen molar-refractivity contribution in [2.45, 2.75) is 13.1 Å². The number of carbonyl (C=O) groups excluding carboxylic acids is 1. The average molecular weight is 230 g/mol. The van der Waals surface area contributed by atoms with Gasteiger partial charge in [0.15, 0.2) is 0 Å². The second-order valence-corrected chi connectivity index (χ2v) is 3.72. The first-order chi connectivity index (χ1) is 8.29. The van der Waals surface area contributed by atoms with E-state index in [4.69, 9.17) is 10.2 Å². The molecular weight excluding hydrogens is 216 g/mol. The van der Waals surface area contributed by atoms with Gasteiger partial charge in [0.05, 0.1) is 12.5 Å². The van der Waals surface area contributed by atoms with Gasteiger partial charge in [0.1, 0.15) is 0 Å². The van der Waals surface area contributed by atoms with Crippen LogP contribution in [0.3, 0.4) is 0 Å². The van der Waals surface area contributed by atoms with E-state index in [1.54, 1.807) is 24.7 Å². The van der Waals surface area contributed by atoms with Crippen molar-refractivity contribution in [3.05, 3.63) is 59.5 Å². The fraction of sp³-hybridized carbons (Fsp3) is 0.154. The van der Waals surface area contributed by atoms with Crippen LogP contribution >= 0.6 is 0 Å². The summed E-state index contributed by atoms with van der Waals surface area (Å²) in [7, 11) is 0. The number of carbonyl (C=O) groups is 1. The van der Waals surface area contributed by atoms with Crippen molar-refractivity contribution in [2.24, 2.45) is 5.73 Å². The second kappa shape index (κ2) is 5.32. The quantitative estimate of drug-likeness (QED) is 0.839. The molecule has 1 aromatic heterocycles. The van der Waals surface area contributed by atoms with Gasteiger partial charge in [-0.3, -0.25) is 4.79 Å². The molecule has 0 saturated carbocycles. The van der Waals surface area contributed by atoms with Gasteiger partial charge in [0.2, 0.25) is 0 Å². The van der Waals surface area contributed by atoms with E-state index < -0.39 is 0 Å². The van der Waals surface area contributed by atoms with Gasteiger partial charge < -0.3 is 15.5 Å². The highest BCUT2D eigenvalue weighted by atomic mass is 16.3. The van der Waals surface area contributed by atoms with Crippen LogP contribution in [0.4, 0.5) is 0 Å². The summed E-state index contributed by atoms with van der Waals surface area (Å²) in [5.74, 6) is -0.102. The average Bonchev–Trinajstić information content (AvgIpc) is 2.89. The van der Waals surface area contributed by atoms with Crippen molar-refractivity contribution in [3.8, 4) is 0 Å². The van der Waals surface area contributed by atoms with Gasteiger partial charge in [0.25, 0.3) is 5.91 Å². The maximum Gasteiger partial charge on any atom is 0.251 e. The topological polar surface area (TPSA) is 68.3 Å². The van der Waals surface area contributed by atoms with E-state index in [0.717, 1.165) is 11.1 Å². The predicted molar refractivity (Wildman–Crippen MR) is 64.2 cm³/mol. The van der Waals surface area contributed by atoms with Crippen LogP contribution in [0.1, 0.15) is 21.5 Å². The third-order valence-electron chi connectivity index (χ3n) is 2.48. The summed E-state index contributed by atoms with van der Waals surface area (Å²) < 4.78 is 4.92. The Morgan fingerprint density at radius 3 is 2.53 bits per heavy atom. The second-order valence-electron chi connectivity index (χ2n) is 3.72. The largest absolute Gasteiger partial charge is 0.472 e. The minimum absolute atomic E-state index is 0.102. The molecule has 0 radical (unpaired) electrons. The summed E-state index contributed by atoms with van der Waals surface area (Å²) in [6, 6.07) is 9.07. The number of nitrogens with one attached hydrogen (secondary N) is 1. The monoisotopic (exact) mass is 230 g/mol. The van der Waals surface area contributed by atoms with Crippen molar-refractivity contribution in [1.82, 2.24) is 5.32 Å². The molecule has 0 atom stereocenters. The Morgan fingerprint density at radius 2 is 1.94 bits per heavy atom. The van der Waals surface area contributed by atoms with E-state index in [2.05, 4.69) is 5.32 Å². The van der Waals surface area contributed by atoms with Crippen molar-refractivity contribution < 1.29 is 9.21 Å². The van der Waals surface area contributed by atoms with E-state index in [9.17, 15) is 4.79 Å². The Balaban J connectivity index is 1.95. The SMILES string of the molecule is NCc1ccc(C(=O)NCc2ccoc2)cc1. The summed E-state index contributed by atoms with van der Waals surface area (Å²) in [6.07, 6.45) is 3.19. The first-order valence-electron chi connectivity index (χ1n) is 5.38. The molecule has 0 spiro atoms. The molecule has 0 fully saturated rings. The molecule has 1 heterocycles. The standard InChI is InChI=1S/C13H14N2O2/c14-7-10-1-3-12(4-2-10)13(16)15-8-11-5-6-17-9-11/h1-6,9H,7-8,14H2,(H,15,16). The van der Waals surface area contributed by atoms with Gasteiger partial charge in [0, 0.05) is 24.2 Å². The van der Waals surface area contributed by atoms with Crippen LogP contribution in [0.15, 0.2) is 47.3 Å². The Morgan fingerprint density at radius 1 is 1.18 bits per heavy atom. The first-order valence-corrected chi connectivity index (χ1v) is 5.38. The van der Waals surface area contributed by atoms with E-state index in [-0.39, 0.29) is 5.91 Å². The van der Waals surface area contributed by atoms with Crippen molar-refractivity contribution >= 4 is 5.91 Å². The van der Waals surface area contributed by atoms with E-state index in [0.29, 0.717) is 18.7 Å². The summed E-state index contributed by atoms with van der Waals surface area (Å²) in [5, 5.41) is 2.81. The molecule has 3 N–H and O–H groups in total. The van der Waals surface area contributed by atoms with Crippen molar-refractivity contribution in [1.29, 1.82) is 0 Å². The van der Waals surface area contributed by atoms with Crippen LogP contribution in [0.2, 0.25) is 0 Å². The highest BCUT2D eigenvalue weighted by molar-refractivity contribution is 5.94. The van der Waals surface area contributed by atoms with Gasteiger partial charge in [-0.1, -0.05) is 12.1 Å². The zero-order valence-corrected chi connectivity index (χ0v) is 9.35. The zero-order valence-electron chi connectivity index (χ0n) is 9.35. The van der Waals surface area contributed by atoms with Gasteiger partial charge >= 0.3 is 0 Å². The van der Waals surface area contributed by atoms with Crippen molar-refractivity contribution in [2.75, 3.05) is 0 Å². The predicted octanol–water partition coefficient (Wildman–Crippen LogP) is 1.67. The summed E-state index contributed by atoms with van der Waals surface area (Å²) in [6.45, 7) is 0.949. The minimum atomic E-state index is -0.102. The smallest absolute Gasteiger partial charge is 0.251 e. The van der Waals surface area contributed by atoms with E-state index >= 15 is 0 Å². The van der Waals surface area contributed by atoms with Crippen LogP contribution in [-0.4, -0.2) is 5.91 Å². The number of benzene rings is 1. The normalized spacial score (nSPS) is 10.2. The lowest BCUT2D eigenvalue weighted by molar-refractivity contribution is 0.0951. The van der Waals surface area contributed by atoms with Crippen molar-refractivity contribution in [3.63, 3.8) is 0 Å². The van der Waals surface area contributed by atoms with Crippen LogP contribution in [0.25, 0.3) is 0 Å². The molecule has 2 rings (SSSR count). The Labute approximate surface area is 99.4 Å². The number of furan rings is 1. The molecule has 4 heteroatoms. The lowest BCUT2D eigenvalue weighted by Gasteiger charge is -2.04. The Hall–Kier alpha value is -2.07. The lowest BCUT2D eigenvalue weighted by Crippen LogP contribution is -2.22. The number of hydrogen-bond donors (Lipinski definition) is 2. The molecule has 0 aliphatic rings. The fourth-order valence-electron chi connectivity index (χ4n) is 1.47.